The Morgan fingerprint density at radius 1 is 1.03 bits per heavy atom. The summed E-state index contributed by atoms with van der Waals surface area (Å²) in [7, 11) is 0. The van der Waals surface area contributed by atoms with Crippen LogP contribution in [0.3, 0.4) is 0 Å². The molecule has 0 spiro atoms. The molecular formula is C23H26F2N2O3. The summed E-state index contributed by atoms with van der Waals surface area (Å²) in [5, 5.41) is 14.0. The third-order valence-corrected chi connectivity index (χ3v) is 4.54. The van der Waals surface area contributed by atoms with E-state index in [0.717, 1.165) is 6.08 Å². The van der Waals surface area contributed by atoms with Crippen molar-refractivity contribution in [2.75, 3.05) is 5.32 Å². The van der Waals surface area contributed by atoms with Gasteiger partial charge in [0.2, 0.25) is 0 Å². The van der Waals surface area contributed by atoms with Crippen LogP contribution in [0.1, 0.15) is 37.5 Å². The highest BCUT2D eigenvalue weighted by molar-refractivity contribution is 5.97. The first-order valence-corrected chi connectivity index (χ1v) is 9.58. The van der Waals surface area contributed by atoms with Crippen LogP contribution < -0.4 is 10.6 Å². The van der Waals surface area contributed by atoms with Gasteiger partial charge in [-0.1, -0.05) is 12.1 Å². The molecule has 0 saturated carbocycles. The summed E-state index contributed by atoms with van der Waals surface area (Å²) in [4.78, 5) is 22.6. The number of amides is 1. The summed E-state index contributed by atoms with van der Waals surface area (Å²) >= 11 is 0. The second-order valence-electron chi connectivity index (χ2n) is 7.54. The molecule has 0 aliphatic heterocycles. The molecule has 0 aliphatic carbocycles. The molecular weight excluding hydrogens is 390 g/mol. The predicted molar refractivity (Wildman–Crippen MR) is 114 cm³/mol. The number of carboxylic acid groups (broad SMARTS) is 1. The van der Waals surface area contributed by atoms with Gasteiger partial charge in [0.15, 0.2) is 5.83 Å². The summed E-state index contributed by atoms with van der Waals surface area (Å²) in [5.74, 6) is -3.84. The van der Waals surface area contributed by atoms with Gasteiger partial charge in [-0.3, -0.25) is 9.59 Å². The number of halogens is 2. The summed E-state index contributed by atoms with van der Waals surface area (Å²) in [5.41, 5.74) is 3.59. The smallest absolute Gasteiger partial charge is 0.325 e. The number of anilines is 1. The number of hydrogen-bond acceptors (Lipinski definition) is 3. The average molecular weight is 416 g/mol. The van der Waals surface area contributed by atoms with E-state index in [-0.39, 0.29) is 11.9 Å². The van der Waals surface area contributed by atoms with Gasteiger partial charge in [-0.15, -0.1) is 0 Å². The molecule has 0 saturated heterocycles. The van der Waals surface area contributed by atoms with E-state index >= 15 is 0 Å². The Bertz CT molecular complexity index is 1000. The van der Waals surface area contributed by atoms with Gasteiger partial charge in [0.05, 0.1) is 0 Å². The van der Waals surface area contributed by atoms with Gasteiger partial charge in [0.1, 0.15) is 11.9 Å². The molecule has 30 heavy (non-hydrogen) atoms. The highest BCUT2D eigenvalue weighted by Crippen LogP contribution is 2.31. The van der Waals surface area contributed by atoms with Crippen molar-refractivity contribution in [2.45, 2.75) is 46.7 Å². The predicted octanol–water partition coefficient (Wildman–Crippen LogP) is 4.83. The summed E-state index contributed by atoms with van der Waals surface area (Å²) in [6, 6.07) is 7.30. The van der Waals surface area contributed by atoms with E-state index in [1.54, 1.807) is 38.1 Å². The van der Waals surface area contributed by atoms with Gasteiger partial charge in [-0.05, 0) is 81.1 Å². The fraction of sp³-hybridized carbons (Fsp3) is 0.304. The standard InChI is InChI=1S/C23H26F2N2O3/c1-12(2)26-17-6-7-18(20(24)11-17)19-9-13(3)16(8-14(19)4)10-21(25)22(28)27-15(5)23(29)30/h6-12,15,26H,1-5H3,(H,27,28)(H,29,30)/t15-/m1/s1. The van der Waals surface area contributed by atoms with E-state index in [1.165, 1.54) is 13.0 Å². The lowest BCUT2D eigenvalue weighted by molar-refractivity contribution is -0.140. The Hall–Kier alpha value is -3.22. The van der Waals surface area contributed by atoms with Crippen LogP contribution in [0.15, 0.2) is 36.2 Å². The number of hydrogen-bond donors (Lipinski definition) is 3. The zero-order valence-corrected chi connectivity index (χ0v) is 17.6. The van der Waals surface area contributed by atoms with Crippen LogP contribution in [0.2, 0.25) is 0 Å². The number of carbonyl (C=O) groups is 2. The van der Waals surface area contributed by atoms with E-state index in [1.807, 2.05) is 13.8 Å². The summed E-state index contributed by atoms with van der Waals surface area (Å²) in [6.07, 6.45) is 1.04. The third kappa shape index (κ3) is 5.65. The molecule has 0 aromatic heterocycles. The van der Waals surface area contributed by atoms with Crippen LogP contribution in [0.5, 0.6) is 0 Å². The monoisotopic (exact) mass is 416 g/mol. The maximum absolute atomic E-state index is 14.7. The molecule has 0 unspecified atom stereocenters. The number of aryl methyl sites for hydroxylation is 2. The van der Waals surface area contributed by atoms with Crippen LogP contribution in [0.25, 0.3) is 17.2 Å². The molecule has 160 valence electrons. The van der Waals surface area contributed by atoms with Crippen LogP contribution in [0.4, 0.5) is 14.5 Å². The van der Waals surface area contributed by atoms with Crippen molar-refractivity contribution < 1.29 is 23.5 Å². The number of rotatable bonds is 7. The SMILES string of the molecule is Cc1cc(-c2ccc(NC(C)C)cc2F)c(C)cc1C=C(F)C(=O)N[C@H](C)C(=O)O. The largest absolute Gasteiger partial charge is 0.480 e. The summed E-state index contributed by atoms with van der Waals surface area (Å²) < 4.78 is 28.9. The molecule has 5 nitrogen and oxygen atoms in total. The minimum absolute atomic E-state index is 0.177. The van der Waals surface area contributed by atoms with E-state index in [2.05, 4.69) is 10.6 Å². The lowest BCUT2D eigenvalue weighted by Crippen LogP contribution is -2.38. The normalized spacial score (nSPS) is 12.6. The van der Waals surface area contributed by atoms with E-state index in [9.17, 15) is 18.4 Å². The van der Waals surface area contributed by atoms with Gasteiger partial charge < -0.3 is 15.7 Å². The zero-order chi connectivity index (χ0) is 22.6. The molecule has 0 heterocycles. The van der Waals surface area contributed by atoms with Gasteiger partial charge >= 0.3 is 5.97 Å². The average Bonchev–Trinajstić information content (AvgIpc) is 2.64. The molecule has 2 rings (SSSR count). The maximum atomic E-state index is 14.7. The molecule has 3 N–H and O–H groups in total. The van der Waals surface area contributed by atoms with Crippen molar-refractivity contribution in [3.63, 3.8) is 0 Å². The van der Waals surface area contributed by atoms with Crippen molar-refractivity contribution in [1.29, 1.82) is 0 Å². The zero-order valence-electron chi connectivity index (χ0n) is 17.6. The van der Waals surface area contributed by atoms with Crippen LogP contribution in [-0.4, -0.2) is 29.1 Å². The first-order chi connectivity index (χ1) is 14.0. The quantitative estimate of drug-likeness (QED) is 0.565. The number of nitrogens with one attached hydrogen (secondary N) is 2. The maximum Gasteiger partial charge on any atom is 0.325 e. The lowest BCUT2D eigenvalue weighted by atomic mass is 9.94. The Morgan fingerprint density at radius 3 is 2.27 bits per heavy atom. The minimum Gasteiger partial charge on any atom is -0.480 e. The second kappa shape index (κ2) is 9.52. The van der Waals surface area contributed by atoms with E-state index in [0.29, 0.717) is 33.5 Å². The fourth-order valence-electron chi connectivity index (χ4n) is 2.97. The van der Waals surface area contributed by atoms with Crippen molar-refractivity contribution in [2.24, 2.45) is 0 Å². The Labute approximate surface area is 174 Å². The second-order valence-corrected chi connectivity index (χ2v) is 7.54. The van der Waals surface area contributed by atoms with Crippen LogP contribution in [0, 0.1) is 19.7 Å². The molecule has 1 amide bonds. The van der Waals surface area contributed by atoms with Gasteiger partial charge in [0, 0.05) is 17.3 Å². The Balaban J connectivity index is 2.34. The Morgan fingerprint density at radius 2 is 1.70 bits per heavy atom. The number of carbonyl (C=O) groups excluding carboxylic acids is 1. The Kier molecular flexibility index (Phi) is 7.32. The fourth-order valence-corrected chi connectivity index (χ4v) is 2.97. The molecule has 0 fully saturated rings. The van der Waals surface area contributed by atoms with Gasteiger partial charge in [-0.2, -0.15) is 0 Å². The topological polar surface area (TPSA) is 78.4 Å². The van der Waals surface area contributed by atoms with Crippen LogP contribution >= 0.6 is 0 Å². The molecule has 2 aromatic carbocycles. The minimum atomic E-state index is -1.26. The molecule has 7 heteroatoms. The molecule has 0 bridgehead atoms. The molecule has 1 atom stereocenters. The van der Waals surface area contributed by atoms with Crippen molar-refractivity contribution in [3.8, 4) is 11.1 Å². The molecule has 0 radical (unpaired) electrons. The number of aliphatic carboxylic acids is 1. The highest BCUT2D eigenvalue weighted by atomic mass is 19.1. The van der Waals surface area contributed by atoms with Crippen molar-refractivity contribution >= 4 is 23.6 Å². The number of carboxylic acids is 1. The van der Waals surface area contributed by atoms with Crippen molar-refractivity contribution in [1.82, 2.24) is 5.32 Å². The third-order valence-electron chi connectivity index (χ3n) is 4.54. The number of benzene rings is 2. The van der Waals surface area contributed by atoms with E-state index in [4.69, 9.17) is 5.11 Å². The van der Waals surface area contributed by atoms with Crippen LogP contribution in [-0.2, 0) is 9.59 Å². The van der Waals surface area contributed by atoms with E-state index < -0.39 is 23.7 Å². The van der Waals surface area contributed by atoms with Gasteiger partial charge in [0.25, 0.3) is 5.91 Å². The first-order valence-electron chi connectivity index (χ1n) is 9.58. The first kappa shape index (κ1) is 23.1. The molecule has 0 aliphatic rings. The van der Waals surface area contributed by atoms with Crippen molar-refractivity contribution in [3.05, 3.63) is 58.7 Å². The summed E-state index contributed by atoms with van der Waals surface area (Å²) in [6.45, 7) is 8.68. The van der Waals surface area contributed by atoms with Gasteiger partial charge in [-0.25, -0.2) is 8.78 Å². The lowest BCUT2D eigenvalue weighted by Gasteiger charge is -2.14. The highest BCUT2D eigenvalue weighted by Gasteiger charge is 2.18. The molecule has 2 aromatic rings.